The highest BCUT2D eigenvalue weighted by Gasteiger charge is 2.17. The maximum atomic E-state index is 12.3. The molecule has 1 aromatic rings. The molecule has 0 amide bonds. The zero-order valence-electron chi connectivity index (χ0n) is 6.95. The Hall–Kier alpha value is -1.04. The van der Waals surface area contributed by atoms with E-state index in [2.05, 4.69) is 0 Å². The van der Waals surface area contributed by atoms with Gasteiger partial charge in [0.2, 0.25) is 0 Å². The Labute approximate surface area is 79.6 Å². The van der Waals surface area contributed by atoms with Crippen molar-refractivity contribution in [2.75, 3.05) is 0 Å². The molecule has 0 radical (unpaired) electrons. The van der Waals surface area contributed by atoms with Gasteiger partial charge in [0.05, 0.1) is 0 Å². The molecule has 0 atom stereocenters. The summed E-state index contributed by atoms with van der Waals surface area (Å²) in [6.07, 6.45) is -2.80. The van der Waals surface area contributed by atoms with Crippen molar-refractivity contribution in [3.8, 4) is 0 Å². The van der Waals surface area contributed by atoms with Crippen molar-refractivity contribution >= 4 is 10.2 Å². The zero-order valence-corrected chi connectivity index (χ0v) is 7.77. The van der Waals surface area contributed by atoms with E-state index in [1.807, 2.05) is 0 Å². The quantitative estimate of drug-likeness (QED) is 0.739. The fourth-order valence-electron chi connectivity index (χ4n) is 1.06. The van der Waals surface area contributed by atoms with E-state index in [4.69, 9.17) is 0 Å². The van der Waals surface area contributed by atoms with Crippen LogP contribution in [0.4, 0.5) is 12.7 Å². The van der Waals surface area contributed by atoms with Crippen molar-refractivity contribution in [3.63, 3.8) is 0 Å². The van der Waals surface area contributed by atoms with Gasteiger partial charge in [-0.15, -0.1) is 3.89 Å². The van der Waals surface area contributed by atoms with Gasteiger partial charge in [-0.3, -0.25) is 0 Å². The van der Waals surface area contributed by atoms with E-state index < -0.39 is 28.0 Å². The van der Waals surface area contributed by atoms with E-state index in [1.165, 1.54) is 18.2 Å². The molecule has 0 bridgehead atoms. The van der Waals surface area contributed by atoms with Crippen molar-refractivity contribution in [2.45, 2.75) is 12.2 Å². The molecule has 0 N–H and O–H groups in total. The van der Waals surface area contributed by atoms with Crippen LogP contribution in [0.25, 0.3) is 0 Å². The van der Waals surface area contributed by atoms with E-state index in [9.17, 15) is 21.1 Å². The molecule has 0 saturated carbocycles. The average Bonchev–Trinajstić information content (AvgIpc) is 2.01. The van der Waals surface area contributed by atoms with Gasteiger partial charge in [-0.1, -0.05) is 24.3 Å². The van der Waals surface area contributed by atoms with Gasteiger partial charge in [0, 0.05) is 5.56 Å². The van der Waals surface area contributed by atoms with Gasteiger partial charge >= 0.3 is 10.2 Å². The lowest BCUT2D eigenvalue weighted by Gasteiger charge is -2.05. The molecular formula is C8H7F3O2S. The molecule has 78 valence electrons. The van der Waals surface area contributed by atoms with Crippen LogP contribution in [-0.2, 0) is 16.0 Å². The number of halogens is 3. The topological polar surface area (TPSA) is 34.1 Å². The second-order valence-corrected chi connectivity index (χ2v) is 4.05. The number of benzene rings is 1. The SMILES string of the molecule is O=S(=O)(F)Cc1ccccc1C(F)F. The van der Waals surface area contributed by atoms with E-state index in [1.54, 1.807) is 0 Å². The van der Waals surface area contributed by atoms with Crippen LogP contribution in [0.3, 0.4) is 0 Å². The van der Waals surface area contributed by atoms with Gasteiger partial charge in [0.25, 0.3) is 6.43 Å². The van der Waals surface area contributed by atoms with Gasteiger partial charge in [-0.05, 0) is 5.56 Å². The Morgan fingerprint density at radius 1 is 1.21 bits per heavy atom. The highest BCUT2D eigenvalue weighted by atomic mass is 32.3. The standard InChI is InChI=1S/C8H7F3O2S/c9-8(10)7-4-2-1-3-6(7)5-14(11,12)13/h1-4,8H,5H2. The third-order valence-electron chi connectivity index (χ3n) is 1.62. The van der Waals surface area contributed by atoms with Crippen LogP contribution in [-0.4, -0.2) is 8.42 Å². The van der Waals surface area contributed by atoms with Crippen LogP contribution in [0.1, 0.15) is 17.6 Å². The third kappa shape index (κ3) is 3.02. The highest BCUT2D eigenvalue weighted by Crippen LogP contribution is 2.24. The van der Waals surface area contributed by atoms with Crippen LogP contribution in [0.15, 0.2) is 24.3 Å². The average molecular weight is 224 g/mol. The summed E-state index contributed by atoms with van der Waals surface area (Å²) in [5.74, 6) is -1.01. The first-order chi connectivity index (χ1) is 6.40. The zero-order chi connectivity index (χ0) is 10.8. The van der Waals surface area contributed by atoms with Crippen molar-refractivity contribution in [1.82, 2.24) is 0 Å². The lowest BCUT2D eigenvalue weighted by molar-refractivity contribution is 0.150. The molecule has 1 aromatic carbocycles. The van der Waals surface area contributed by atoms with E-state index >= 15 is 0 Å². The lowest BCUT2D eigenvalue weighted by atomic mass is 10.1. The van der Waals surface area contributed by atoms with E-state index in [0.29, 0.717) is 0 Å². The first-order valence-electron chi connectivity index (χ1n) is 3.68. The fraction of sp³-hybridized carbons (Fsp3) is 0.250. The Morgan fingerprint density at radius 3 is 2.29 bits per heavy atom. The van der Waals surface area contributed by atoms with Gasteiger partial charge in [0.1, 0.15) is 5.75 Å². The first-order valence-corrected chi connectivity index (χ1v) is 5.23. The minimum absolute atomic E-state index is 0.204. The molecule has 0 aliphatic carbocycles. The first kappa shape index (κ1) is 11.0. The monoisotopic (exact) mass is 224 g/mol. The fourth-order valence-corrected chi connectivity index (χ4v) is 1.70. The van der Waals surface area contributed by atoms with E-state index in [-0.39, 0.29) is 5.56 Å². The second-order valence-electron chi connectivity index (χ2n) is 2.68. The molecule has 0 unspecified atom stereocenters. The Morgan fingerprint density at radius 2 is 1.79 bits per heavy atom. The second kappa shape index (κ2) is 4.00. The Bertz CT molecular complexity index is 414. The summed E-state index contributed by atoms with van der Waals surface area (Å²) in [5.41, 5.74) is -0.654. The molecule has 0 aliphatic rings. The molecule has 2 nitrogen and oxygen atoms in total. The molecule has 0 spiro atoms. The van der Waals surface area contributed by atoms with Gasteiger partial charge in [0.15, 0.2) is 0 Å². The molecule has 0 aliphatic heterocycles. The molecule has 0 aromatic heterocycles. The van der Waals surface area contributed by atoms with Gasteiger partial charge < -0.3 is 0 Å². The van der Waals surface area contributed by atoms with Gasteiger partial charge in [-0.2, -0.15) is 8.42 Å². The summed E-state index contributed by atoms with van der Waals surface area (Å²) in [5, 5.41) is 0. The van der Waals surface area contributed by atoms with E-state index in [0.717, 1.165) is 6.07 Å². The van der Waals surface area contributed by atoms with Crippen molar-refractivity contribution in [1.29, 1.82) is 0 Å². The molecule has 0 saturated heterocycles. The highest BCUT2D eigenvalue weighted by molar-refractivity contribution is 7.85. The largest absolute Gasteiger partial charge is 0.306 e. The minimum Gasteiger partial charge on any atom is -0.205 e. The summed E-state index contributed by atoms with van der Waals surface area (Å²) >= 11 is 0. The summed E-state index contributed by atoms with van der Waals surface area (Å²) in [6, 6.07) is 4.96. The van der Waals surface area contributed by atoms with Crippen molar-refractivity contribution in [3.05, 3.63) is 35.4 Å². The predicted molar refractivity (Wildman–Crippen MR) is 45.1 cm³/mol. The minimum atomic E-state index is -4.77. The van der Waals surface area contributed by atoms with Crippen LogP contribution in [0.5, 0.6) is 0 Å². The van der Waals surface area contributed by atoms with Crippen LogP contribution >= 0.6 is 0 Å². The molecule has 0 heterocycles. The Kier molecular flexibility index (Phi) is 3.15. The summed E-state index contributed by atoms with van der Waals surface area (Å²) in [7, 11) is -4.77. The molecule has 0 fully saturated rings. The predicted octanol–water partition coefficient (Wildman–Crippen LogP) is 2.42. The maximum absolute atomic E-state index is 12.3. The molecule has 1 rings (SSSR count). The smallest absolute Gasteiger partial charge is 0.205 e. The van der Waals surface area contributed by atoms with Gasteiger partial charge in [-0.25, -0.2) is 8.78 Å². The van der Waals surface area contributed by atoms with Crippen LogP contribution < -0.4 is 0 Å². The van der Waals surface area contributed by atoms with Crippen molar-refractivity contribution in [2.24, 2.45) is 0 Å². The summed E-state index contributed by atoms with van der Waals surface area (Å²) in [4.78, 5) is 0. The molecule has 6 heteroatoms. The number of alkyl halides is 2. The van der Waals surface area contributed by atoms with Crippen LogP contribution in [0.2, 0.25) is 0 Å². The number of rotatable bonds is 3. The summed E-state index contributed by atoms with van der Waals surface area (Å²) < 4.78 is 57.3. The lowest BCUT2D eigenvalue weighted by Crippen LogP contribution is -2.00. The maximum Gasteiger partial charge on any atom is 0.306 e. The molecular weight excluding hydrogens is 217 g/mol. The van der Waals surface area contributed by atoms with Crippen LogP contribution in [0, 0.1) is 0 Å². The number of hydrogen-bond donors (Lipinski definition) is 0. The third-order valence-corrected chi connectivity index (χ3v) is 2.27. The summed E-state index contributed by atoms with van der Waals surface area (Å²) in [6.45, 7) is 0. The normalized spacial score (nSPS) is 12.0. The molecule has 14 heavy (non-hydrogen) atoms. The number of hydrogen-bond acceptors (Lipinski definition) is 2. The Balaban J connectivity index is 3.08. The van der Waals surface area contributed by atoms with Crippen molar-refractivity contribution < 1.29 is 21.1 Å².